The normalized spacial score (nSPS) is 15.0. The third-order valence-corrected chi connectivity index (χ3v) is 2.97. The van der Waals surface area contributed by atoms with Crippen LogP contribution in [0.3, 0.4) is 0 Å². The molecule has 0 amide bonds. The molecule has 1 aromatic heterocycles. The predicted octanol–water partition coefficient (Wildman–Crippen LogP) is 1.19. The van der Waals surface area contributed by atoms with Crippen LogP contribution < -0.4 is 10.1 Å². The lowest BCUT2D eigenvalue weighted by Crippen LogP contribution is -2.16. The number of rotatable bonds is 3. The highest BCUT2D eigenvalue weighted by atomic mass is 79.9. The molecule has 0 saturated carbocycles. The molecule has 1 aromatic rings. The van der Waals surface area contributed by atoms with Crippen molar-refractivity contribution in [2.24, 2.45) is 0 Å². The van der Waals surface area contributed by atoms with Crippen molar-refractivity contribution in [2.45, 2.75) is 19.4 Å². The first-order valence-corrected chi connectivity index (χ1v) is 5.65. The van der Waals surface area contributed by atoms with Crippen molar-refractivity contribution in [3.8, 4) is 5.88 Å². The van der Waals surface area contributed by atoms with Gasteiger partial charge in [0.05, 0.1) is 6.61 Å². The molecule has 78 valence electrons. The molecule has 0 aliphatic carbocycles. The van der Waals surface area contributed by atoms with E-state index in [4.69, 9.17) is 4.74 Å². The second-order valence-electron chi connectivity index (χ2n) is 3.35. The fourth-order valence-electron chi connectivity index (χ4n) is 1.61. The van der Waals surface area contributed by atoms with E-state index in [1.54, 1.807) is 0 Å². The highest BCUT2D eigenvalue weighted by Gasteiger charge is 2.19. The molecule has 5 heteroatoms. The van der Waals surface area contributed by atoms with Crippen LogP contribution in [0.2, 0.25) is 0 Å². The van der Waals surface area contributed by atoms with Crippen molar-refractivity contribution in [1.82, 2.24) is 15.1 Å². The first kappa shape index (κ1) is 9.98. The Morgan fingerprint density at radius 2 is 2.50 bits per heavy atom. The standard InChI is InChI=1S/C9H14BrN3O/c1-11-4-3-7-8(10)12-13-5-2-6-14-9(7)13/h11H,2-6H2,1H3. The fourth-order valence-corrected chi connectivity index (χ4v) is 2.17. The van der Waals surface area contributed by atoms with Crippen LogP contribution in [0.15, 0.2) is 4.60 Å². The number of hydrogen-bond acceptors (Lipinski definition) is 3. The highest BCUT2D eigenvalue weighted by molar-refractivity contribution is 9.10. The average molecular weight is 260 g/mol. The summed E-state index contributed by atoms with van der Waals surface area (Å²) in [7, 11) is 1.95. The highest BCUT2D eigenvalue weighted by Crippen LogP contribution is 2.29. The maximum absolute atomic E-state index is 5.62. The second-order valence-corrected chi connectivity index (χ2v) is 4.10. The van der Waals surface area contributed by atoms with E-state index in [2.05, 4.69) is 26.3 Å². The minimum absolute atomic E-state index is 0.810. The molecular weight excluding hydrogens is 246 g/mol. The lowest BCUT2D eigenvalue weighted by Gasteiger charge is -2.15. The smallest absolute Gasteiger partial charge is 0.216 e. The molecule has 0 fully saturated rings. The first-order valence-electron chi connectivity index (χ1n) is 4.85. The van der Waals surface area contributed by atoms with Gasteiger partial charge in [-0.1, -0.05) is 0 Å². The van der Waals surface area contributed by atoms with Crippen LogP contribution in [0.1, 0.15) is 12.0 Å². The number of halogens is 1. The number of fused-ring (bicyclic) bond motifs is 1. The zero-order valence-electron chi connectivity index (χ0n) is 8.22. The van der Waals surface area contributed by atoms with Gasteiger partial charge in [0.2, 0.25) is 5.88 Å². The summed E-state index contributed by atoms with van der Waals surface area (Å²) >= 11 is 3.47. The zero-order chi connectivity index (χ0) is 9.97. The minimum Gasteiger partial charge on any atom is -0.478 e. The van der Waals surface area contributed by atoms with Gasteiger partial charge in [0.1, 0.15) is 4.60 Å². The summed E-state index contributed by atoms with van der Waals surface area (Å²) < 4.78 is 8.48. The van der Waals surface area contributed by atoms with Crippen LogP contribution in [0.5, 0.6) is 5.88 Å². The van der Waals surface area contributed by atoms with Gasteiger partial charge in [-0.25, -0.2) is 4.68 Å². The van der Waals surface area contributed by atoms with Gasteiger partial charge in [-0.2, -0.15) is 5.10 Å². The maximum atomic E-state index is 5.62. The third-order valence-electron chi connectivity index (χ3n) is 2.33. The summed E-state index contributed by atoms with van der Waals surface area (Å²) in [5, 5.41) is 7.51. The number of nitrogens with zero attached hydrogens (tertiary/aromatic N) is 2. The van der Waals surface area contributed by atoms with Crippen LogP contribution >= 0.6 is 15.9 Å². The van der Waals surface area contributed by atoms with Crippen LogP contribution in [0, 0.1) is 0 Å². The van der Waals surface area contributed by atoms with Crippen molar-refractivity contribution in [1.29, 1.82) is 0 Å². The quantitative estimate of drug-likeness (QED) is 0.887. The van der Waals surface area contributed by atoms with Gasteiger partial charge in [0.25, 0.3) is 0 Å². The van der Waals surface area contributed by atoms with Gasteiger partial charge in [0, 0.05) is 18.5 Å². The Morgan fingerprint density at radius 3 is 3.29 bits per heavy atom. The van der Waals surface area contributed by atoms with Gasteiger partial charge in [-0.3, -0.25) is 0 Å². The summed E-state index contributed by atoms with van der Waals surface area (Å²) in [6, 6.07) is 0. The predicted molar refractivity (Wildman–Crippen MR) is 57.7 cm³/mol. The van der Waals surface area contributed by atoms with Crippen LogP contribution in [-0.4, -0.2) is 30.0 Å². The molecule has 0 saturated heterocycles. The molecule has 0 radical (unpaired) electrons. The largest absolute Gasteiger partial charge is 0.478 e. The molecule has 1 aliphatic rings. The van der Waals surface area contributed by atoms with Crippen molar-refractivity contribution in [2.75, 3.05) is 20.2 Å². The number of nitrogens with one attached hydrogen (secondary N) is 1. The molecule has 0 bridgehead atoms. The average Bonchev–Trinajstić information content (AvgIpc) is 2.51. The number of aromatic nitrogens is 2. The Morgan fingerprint density at radius 1 is 1.64 bits per heavy atom. The van der Waals surface area contributed by atoms with Gasteiger partial charge >= 0.3 is 0 Å². The van der Waals surface area contributed by atoms with E-state index >= 15 is 0 Å². The van der Waals surface area contributed by atoms with Gasteiger partial charge in [-0.05, 0) is 35.9 Å². The summed E-state index contributed by atoms with van der Waals surface area (Å²) in [6.07, 6.45) is 2.00. The molecule has 0 aromatic carbocycles. The van der Waals surface area contributed by atoms with Crippen molar-refractivity contribution in [3.63, 3.8) is 0 Å². The molecule has 0 atom stereocenters. The lowest BCUT2D eigenvalue weighted by molar-refractivity contribution is 0.228. The number of likely N-dealkylation sites (N-methyl/N-ethyl adjacent to an activating group) is 1. The van der Waals surface area contributed by atoms with Crippen molar-refractivity contribution < 1.29 is 4.74 Å². The number of hydrogen-bond donors (Lipinski definition) is 1. The fraction of sp³-hybridized carbons (Fsp3) is 0.667. The number of ether oxygens (including phenoxy) is 1. The Kier molecular flexibility index (Phi) is 3.08. The lowest BCUT2D eigenvalue weighted by atomic mass is 10.2. The van der Waals surface area contributed by atoms with Crippen LogP contribution in [0.25, 0.3) is 0 Å². The second kappa shape index (κ2) is 4.31. The Hall–Kier alpha value is -0.550. The third kappa shape index (κ3) is 1.79. The van der Waals surface area contributed by atoms with Crippen LogP contribution in [-0.2, 0) is 13.0 Å². The van der Waals surface area contributed by atoms with E-state index in [-0.39, 0.29) is 0 Å². The molecule has 2 heterocycles. The summed E-state index contributed by atoms with van der Waals surface area (Å²) in [6.45, 7) is 2.72. The maximum Gasteiger partial charge on any atom is 0.216 e. The SMILES string of the molecule is CNCCc1c(Br)nn2c1OCCC2. The molecule has 0 spiro atoms. The summed E-state index contributed by atoms with van der Waals surface area (Å²) in [5.41, 5.74) is 1.18. The monoisotopic (exact) mass is 259 g/mol. The van der Waals surface area contributed by atoms with E-state index in [1.807, 2.05) is 11.7 Å². The summed E-state index contributed by atoms with van der Waals surface area (Å²) in [5.74, 6) is 0.943. The number of aryl methyl sites for hydroxylation is 1. The van der Waals surface area contributed by atoms with E-state index < -0.39 is 0 Å². The molecule has 0 unspecified atom stereocenters. The molecule has 4 nitrogen and oxygen atoms in total. The molecular formula is C9H14BrN3O. The minimum atomic E-state index is 0.810. The van der Waals surface area contributed by atoms with Gasteiger partial charge < -0.3 is 10.1 Å². The Balaban J connectivity index is 2.24. The van der Waals surface area contributed by atoms with Crippen molar-refractivity contribution >= 4 is 15.9 Å². The molecule has 14 heavy (non-hydrogen) atoms. The first-order chi connectivity index (χ1) is 6.83. The Labute approximate surface area is 91.8 Å². The topological polar surface area (TPSA) is 39.1 Å². The molecule has 1 N–H and O–H groups in total. The summed E-state index contributed by atoms with van der Waals surface area (Å²) in [4.78, 5) is 0. The van der Waals surface area contributed by atoms with E-state index in [1.165, 1.54) is 5.56 Å². The molecule has 2 rings (SSSR count). The van der Waals surface area contributed by atoms with Crippen molar-refractivity contribution in [3.05, 3.63) is 10.2 Å². The van der Waals surface area contributed by atoms with Gasteiger partial charge in [0.15, 0.2) is 0 Å². The zero-order valence-corrected chi connectivity index (χ0v) is 9.80. The van der Waals surface area contributed by atoms with E-state index in [0.29, 0.717) is 0 Å². The molecule has 1 aliphatic heterocycles. The van der Waals surface area contributed by atoms with E-state index in [0.717, 1.165) is 43.0 Å². The van der Waals surface area contributed by atoms with Gasteiger partial charge in [-0.15, -0.1) is 0 Å². The van der Waals surface area contributed by atoms with Crippen LogP contribution in [0.4, 0.5) is 0 Å². The van der Waals surface area contributed by atoms with E-state index in [9.17, 15) is 0 Å². The Bertz CT molecular complexity index is 324.